The number of nitrogens with one attached hydrogen (secondary N) is 1. The first-order valence-electron chi connectivity index (χ1n) is 7.40. The molecule has 4 heteroatoms. The van der Waals surface area contributed by atoms with Gasteiger partial charge in [-0.25, -0.2) is 0 Å². The zero-order valence-electron chi connectivity index (χ0n) is 12.1. The smallest absolute Gasteiger partial charge is 0.119 e. The summed E-state index contributed by atoms with van der Waals surface area (Å²) in [6, 6.07) is 10.2. The summed E-state index contributed by atoms with van der Waals surface area (Å²) in [5.74, 6) is 0.812. The Labute approximate surface area is 126 Å². The normalized spacial score (nSPS) is 24.3. The fourth-order valence-electron chi connectivity index (χ4n) is 2.57. The van der Waals surface area contributed by atoms with Crippen LogP contribution in [-0.4, -0.2) is 41.9 Å². The lowest BCUT2D eigenvalue weighted by Crippen LogP contribution is -2.40. The first-order chi connectivity index (χ1) is 9.78. The molecule has 1 aliphatic rings. The number of hydrogen-bond acceptors (Lipinski definition) is 4. The van der Waals surface area contributed by atoms with Gasteiger partial charge in [0.1, 0.15) is 18.5 Å². The highest BCUT2D eigenvalue weighted by atomic mass is 32.2. The molecular formula is C16H25NO2S. The van der Waals surface area contributed by atoms with E-state index in [9.17, 15) is 5.11 Å². The summed E-state index contributed by atoms with van der Waals surface area (Å²) < 4.78 is 5.55. The van der Waals surface area contributed by atoms with Crippen molar-refractivity contribution in [2.75, 3.05) is 19.4 Å². The second-order valence-electron chi connectivity index (χ2n) is 5.40. The minimum Gasteiger partial charge on any atom is -0.491 e. The summed E-state index contributed by atoms with van der Waals surface area (Å²) in [6.45, 7) is 0.957. The van der Waals surface area contributed by atoms with Crippen LogP contribution < -0.4 is 10.1 Å². The van der Waals surface area contributed by atoms with Gasteiger partial charge in [0.05, 0.1) is 0 Å². The predicted octanol–water partition coefficient (Wildman–Crippen LogP) is 2.69. The molecule has 0 amide bonds. The molecule has 0 aromatic heterocycles. The Balaban J connectivity index is 1.59. The van der Waals surface area contributed by atoms with Crippen LogP contribution in [0.4, 0.5) is 0 Å². The van der Waals surface area contributed by atoms with Crippen LogP contribution in [0.2, 0.25) is 0 Å². The largest absolute Gasteiger partial charge is 0.491 e. The Morgan fingerprint density at radius 2 is 1.95 bits per heavy atom. The van der Waals surface area contributed by atoms with Crippen molar-refractivity contribution in [2.45, 2.75) is 43.1 Å². The maximum atomic E-state index is 9.95. The standard InChI is InChI=1S/C16H25NO2S/c1-20-16-9-7-13(8-10-16)17-11-14(18)12-19-15-5-3-2-4-6-15/h2-6,13-14,16-18H,7-12H2,1H3. The van der Waals surface area contributed by atoms with Gasteiger partial charge in [-0.05, 0) is 44.1 Å². The molecule has 1 unspecified atom stereocenters. The molecule has 1 aliphatic carbocycles. The van der Waals surface area contributed by atoms with Crippen LogP contribution in [0.3, 0.4) is 0 Å². The molecular weight excluding hydrogens is 270 g/mol. The van der Waals surface area contributed by atoms with Crippen molar-refractivity contribution in [1.82, 2.24) is 5.32 Å². The molecule has 112 valence electrons. The molecule has 1 atom stereocenters. The Morgan fingerprint density at radius 1 is 1.25 bits per heavy atom. The van der Waals surface area contributed by atoms with Crippen LogP contribution in [0.15, 0.2) is 30.3 Å². The Morgan fingerprint density at radius 3 is 2.60 bits per heavy atom. The summed E-state index contributed by atoms with van der Waals surface area (Å²) in [5, 5.41) is 14.2. The highest BCUT2D eigenvalue weighted by Crippen LogP contribution is 2.26. The average molecular weight is 295 g/mol. The lowest BCUT2D eigenvalue weighted by atomic mass is 9.95. The molecule has 0 bridgehead atoms. The van der Waals surface area contributed by atoms with Gasteiger partial charge in [-0.3, -0.25) is 0 Å². The number of ether oxygens (including phenoxy) is 1. The van der Waals surface area contributed by atoms with Crippen molar-refractivity contribution in [3.8, 4) is 5.75 Å². The molecule has 0 aliphatic heterocycles. The van der Waals surface area contributed by atoms with Gasteiger partial charge in [-0.15, -0.1) is 0 Å². The van der Waals surface area contributed by atoms with Gasteiger partial charge < -0.3 is 15.2 Å². The molecule has 0 heterocycles. The lowest BCUT2D eigenvalue weighted by molar-refractivity contribution is 0.102. The van der Waals surface area contributed by atoms with Gasteiger partial charge in [0.15, 0.2) is 0 Å². The van der Waals surface area contributed by atoms with Gasteiger partial charge in [-0.1, -0.05) is 18.2 Å². The van der Waals surface area contributed by atoms with Crippen molar-refractivity contribution < 1.29 is 9.84 Å². The predicted molar refractivity (Wildman–Crippen MR) is 85.5 cm³/mol. The van der Waals surface area contributed by atoms with E-state index >= 15 is 0 Å². The summed E-state index contributed by atoms with van der Waals surface area (Å²) in [7, 11) is 0. The third-order valence-electron chi connectivity index (χ3n) is 3.84. The Hall–Kier alpha value is -0.710. The molecule has 1 saturated carbocycles. The van der Waals surface area contributed by atoms with E-state index in [-0.39, 0.29) is 0 Å². The number of rotatable bonds is 7. The fraction of sp³-hybridized carbons (Fsp3) is 0.625. The van der Waals surface area contributed by atoms with E-state index in [0.29, 0.717) is 19.2 Å². The van der Waals surface area contributed by atoms with Crippen molar-refractivity contribution in [2.24, 2.45) is 0 Å². The monoisotopic (exact) mass is 295 g/mol. The first-order valence-corrected chi connectivity index (χ1v) is 8.69. The second kappa shape index (κ2) is 8.55. The molecule has 1 aromatic rings. The van der Waals surface area contributed by atoms with Crippen LogP contribution in [0, 0.1) is 0 Å². The SMILES string of the molecule is CSC1CCC(NCC(O)COc2ccccc2)CC1. The van der Waals surface area contributed by atoms with Gasteiger partial charge in [0.25, 0.3) is 0 Å². The summed E-state index contributed by atoms with van der Waals surface area (Å²) in [5.41, 5.74) is 0. The van der Waals surface area contributed by atoms with E-state index < -0.39 is 6.10 Å². The van der Waals surface area contributed by atoms with E-state index in [4.69, 9.17) is 4.74 Å². The summed E-state index contributed by atoms with van der Waals surface area (Å²) >= 11 is 1.98. The third kappa shape index (κ3) is 5.35. The number of benzene rings is 1. The molecule has 2 rings (SSSR count). The maximum Gasteiger partial charge on any atom is 0.119 e. The van der Waals surface area contributed by atoms with E-state index in [1.807, 2.05) is 42.1 Å². The maximum absolute atomic E-state index is 9.95. The van der Waals surface area contributed by atoms with Crippen molar-refractivity contribution in [3.05, 3.63) is 30.3 Å². The van der Waals surface area contributed by atoms with Crippen LogP contribution in [0.1, 0.15) is 25.7 Å². The van der Waals surface area contributed by atoms with Gasteiger partial charge in [0, 0.05) is 17.8 Å². The highest BCUT2D eigenvalue weighted by Gasteiger charge is 2.20. The number of aliphatic hydroxyl groups excluding tert-OH is 1. The van der Waals surface area contributed by atoms with Crippen LogP contribution >= 0.6 is 11.8 Å². The van der Waals surface area contributed by atoms with Crippen LogP contribution in [0.5, 0.6) is 5.75 Å². The molecule has 0 radical (unpaired) electrons. The average Bonchev–Trinajstić information content (AvgIpc) is 2.52. The molecule has 1 fully saturated rings. The van der Waals surface area contributed by atoms with Crippen molar-refractivity contribution in [3.63, 3.8) is 0 Å². The topological polar surface area (TPSA) is 41.5 Å². The number of para-hydroxylation sites is 1. The second-order valence-corrected chi connectivity index (χ2v) is 6.53. The number of aliphatic hydroxyl groups is 1. The minimum atomic E-state index is -0.450. The molecule has 3 nitrogen and oxygen atoms in total. The Bertz CT molecular complexity index is 366. The molecule has 0 spiro atoms. The highest BCUT2D eigenvalue weighted by molar-refractivity contribution is 7.99. The van der Waals surface area contributed by atoms with Gasteiger partial charge >= 0.3 is 0 Å². The van der Waals surface area contributed by atoms with Crippen molar-refractivity contribution in [1.29, 1.82) is 0 Å². The fourth-order valence-corrected chi connectivity index (χ4v) is 3.32. The van der Waals surface area contributed by atoms with E-state index in [1.165, 1.54) is 25.7 Å². The lowest BCUT2D eigenvalue weighted by Gasteiger charge is -2.28. The van der Waals surface area contributed by atoms with E-state index in [0.717, 1.165) is 11.0 Å². The van der Waals surface area contributed by atoms with E-state index in [2.05, 4.69) is 11.6 Å². The molecule has 1 aromatic carbocycles. The van der Waals surface area contributed by atoms with Gasteiger partial charge in [-0.2, -0.15) is 11.8 Å². The van der Waals surface area contributed by atoms with Crippen molar-refractivity contribution >= 4 is 11.8 Å². The van der Waals surface area contributed by atoms with Crippen LogP contribution in [0.25, 0.3) is 0 Å². The Kier molecular flexibility index (Phi) is 6.70. The first kappa shape index (κ1) is 15.7. The zero-order chi connectivity index (χ0) is 14.2. The quantitative estimate of drug-likeness (QED) is 0.811. The van der Waals surface area contributed by atoms with Gasteiger partial charge in [0.2, 0.25) is 0 Å². The van der Waals surface area contributed by atoms with E-state index in [1.54, 1.807) is 0 Å². The molecule has 2 N–H and O–H groups in total. The number of thioether (sulfide) groups is 1. The molecule has 20 heavy (non-hydrogen) atoms. The molecule has 0 saturated heterocycles. The minimum absolute atomic E-state index is 0.344. The number of hydrogen-bond donors (Lipinski definition) is 2. The van der Waals surface area contributed by atoms with Crippen LogP contribution in [-0.2, 0) is 0 Å². The third-order valence-corrected chi connectivity index (χ3v) is 4.97. The zero-order valence-corrected chi connectivity index (χ0v) is 12.9. The summed E-state index contributed by atoms with van der Waals surface area (Å²) in [6.07, 6.45) is 6.76. The summed E-state index contributed by atoms with van der Waals surface area (Å²) in [4.78, 5) is 0.